The maximum atomic E-state index is 13.3. The molecule has 0 spiro atoms. The van der Waals surface area contributed by atoms with Crippen LogP contribution in [0.2, 0.25) is 5.02 Å². The van der Waals surface area contributed by atoms with Crippen LogP contribution in [0.1, 0.15) is 12.5 Å². The minimum Gasteiger partial charge on any atom is -0.325 e. The summed E-state index contributed by atoms with van der Waals surface area (Å²) >= 11 is 6.64. The van der Waals surface area contributed by atoms with E-state index in [1.165, 1.54) is 23.6 Å². The fraction of sp³-hybridized carbons (Fsp3) is 0.190. The van der Waals surface area contributed by atoms with E-state index in [0.29, 0.717) is 10.9 Å². The van der Waals surface area contributed by atoms with E-state index in [9.17, 15) is 22.8 Å². The summed E-state index contributed by atoms with van der Waals surface area (Å²) < 4.78 is 41.2. The molecule has 1 amide bonds. The molecule has 0 aliphatic carbocycles. The fourth-order valence-electron chi connectivity index (χ4n) is 2.83. The van der Waals surface area contributed by atoms with Crippen LogP contribution in [0, 0.1) is 0 Å². The molecular formula is C21H17ClF3N3O2S. The lowest BCUT2D eigenvalue weighted by Gasteiger charge is -2.18. The van der Waals surface area contributed by atoms with Gasteiger partial charge in [0.15, 0.2) is 5.16 Å². The summed E-state index contributed by atoms with van der Waals surface area (Å²) in [5, 5.41) is 2.03. The molecule has 0 fully saturated rings. The average molecular weight is 468 g/mol. The van der Waals surface area contributed by atoms with Crippen molar-refractivity contribution in [3.8, 4) is 0 Å². The number of benzene rings is 2. The van der Waals surface area contributed by atoms with E-state index in [1.54, 1.807) is 24.3 Å². The number of hydrogen-bond donors (Lipinski definition) is 1. The Labute approximate surface area is 184 Å². The number of carbonyl (C=O) groups excluding carboxylic acids is 1. The van der Waals surface area contributed by atoms with Gasteiger partial charge >= 0.3 is 6.18 Å². The van der Waals surface area contributed by atoms with Crippen LogP contribution in [0.15, 0.2) is 65.1 Å². The van der Waals surface area contributed by atoms with E-state index in [-0.39, 0.29) is 22.3 Å². The highest BCUT2D eigenvalue weighted by Crippen LogP contribution is 2.37. The third kappa shape index (κ3) is 5.11. The van der Waals surface area contributed by atoms with Gasteiger partial charge in [0.25, 0.3) is 5.56 Å². The van der Waals surface area contributed by atoms with Crippen molar-refractivity contribution in [3.05, 3.63) is 76.1 Å². The topological polar surface area (TPSA) is 64.0 Å². The first-order valence-electron chi connectivity index (χ1n) is 9.06. The van der Waals surface area contributed by atoms with Gasteiger partial charge < -0.3 is 5.32 Å². The van der Waals surface area contributed by atoms with Crippen molar-refractivity contribution in [3.63, 3.8) is 0 Å². The van der Waals surface area contributed by atoms with E-state index in [0.717, 1.165) is 23.9 Å². The van der Waals surface area contributed by atoms with E-state index in [2.05, 4.69) is 16.9 Å². The minimum absolute atomic E-state index is 0.0958. The first-order valence-corrected chi connectivity index (χ1v) is 10.3. The number of thioether (sulfide) groups is 1. The Morgan fingerprint density at radius 1 is 1.32 bits per heavy atom. The van der Waals surface area contributed by atoms with Gasteiger partial charge in [0.1, 0.15) is 0 Å². The third-order valence-electron chi connectivity index (χ3n) is 4.33. The van der Waals surface area contributed by atoms with E-state index >= 15 is 0 Å². The van der Waals surface area contributed by atoms with Crippen LogP contribution in [0.5, 0.6) is 0 Å². The van der Waals surface area contributed by atoms with E-state index in [4.69, 9.17) is 11.6 Å². The highest BCUT2D eigenvalue weighted by Gasteiger charge is 2.34. The number of rotatable bonds is 6. The summed E-state index contributed by atoms with van der Waals surface area (Å²) in [5.74, 6) is -0.676. The van der Waals surface area contributed by atoms with Gasteiger partial charge in [-0.15, -0.1) is 6.58 Å². The molecule has 1 heterocycles. The summed E-state index contributed by atoms with van der Waals surface area (Å²) in [7, 11) is 0. The molecule has 1 N–H and O–H groups in total. The zero-order valence-corrected chi connectivity index (χ0v) is 17.8. The molecule has 0 saturated heterocycles. The van der Waals surface area contributed by atoms with Crippen LogP contribution in [-0.2, 0) is 17.5 Å². The van der Waals surface area contributed by atoms with Crippen molar-refractivity contribution >= 4 is 45.9 Å². The predicted molar refractivity (Wildman–Crippen MR) is 117 cm³/mol. The maximum Gasteiger partial charge on any atom is 0.418 e. The molecule has 3 rings (SSSR count). The molecular weight excluding hydrogens is 451 g/mol. The van der Waals surface area contributed by atoms with Crippen LogP contribution in [0.3, 0.4) is 0 Å². The third-order valence-corrected chi connectivity index (χ3v) is 5.66. The molecule has 0 saturated carbocycles. The van der Waals surface area contributed by atoms with Crippen molar-refractivity contribution in [1.29, 1.82) is 0 Å². The zero-order valence-electron chi connectivity index (χ0n) is 16.2. The smallest absolute Gasteiger partial charge is 0.325 e. The monoisotopic (exact) mass is 467 g/mol. The molecule has 10 heteroatoms. The van der Waals surface area contributed by atoms with Crippen LogP contribution in [0.25, 0.3) is 10.9 Å². The van der Waals surface area contributed by atoms with Gasteiger partial charge in [0.05, 0.1) is 27.4 Å². The summed E-state index contributed by atoms with van der Waals surface area (Å²) in [6.45, 7) is 5.32. The molecule has 1 aromatic heterocycles. The largest absolute Gasteiger partial charge is 0.418 e. The molecule has 162 valence electrons. The number of allylic oxidation sites excluding steroid dienone is 1. The number of aromatic nitrogens is 2. The quantitative estimate of drug-likeness (QED) is 0.300. The van der Waals surface area contributed by atoms with Crippen molar-refractivity contribution in [1.82, 2.24) is 9.55 Å². The second-order valence-electron chi connectivity index (χ2n) is 6.55. The van der Waals surface area contributed by atoms with Gasteiger partial charge in [-0.1, -0.05) is 41.6 Å². The number of para-hydroxylation sites is 1. The Hall–Kier alpha value is -2.78. The molecule has 1 atom stereocenters. The van der Waals surface area contributed by atoms with Gasteiger partial charge in [-0.3, -0.25) is 14.2 Å². The first-order chi connectivity index (χ1) is 14.6. The molecule has 0 aliphatic heterocycles. The number of nitrogens with zero attached hydrogens (tertiary/aromatic N) is 2. The highest BCUT2D eigenvalue weighted by molar-refractivity contribution is 8.00. The van der Waals surface area contributed by atoms with Crippen molar-refractivity contribution in [2.75, 3.05) is 5.32 Å². The molecule has 5 nitrogen and oxygen atoms in total. The normalized spacial score (nSPS) is 12.5. The minimum atomic E-state index is -4.69. The molecule has 3 aromatic rings. The number of anilines is 1. The maximum absolute atomic E-state index is 13.3. The summed E-state index contributed by atoms with van der Waals surface area (Å²) in [4.78, 5) is 29.9. The average Bonchev–Trinajstić information content (AvgIpc) is 2.71. The number of alkyl halides is 3. The van der Waals surface area contributed by atoms with Gasteiger partial charge in [-0.25, -0.2) is 4.98 Å². The van der Waals surface area contributed by atoms with Crippen molar-refractivity contribution in [2.45, 2.75) is 30.1 Å². The molecule has 0 bridgehead atoms. The number of hydrogen-bond acceptors (Lipinski definition) is 4. The second kappa shape index (κ2) is 9.15. The lowest BCUT2D eigenvalue weighted by molar-refractivity contribution is -0.137. The van der Waals surface area contributed by atoms with E-state index in [1.807, 2.05) is 0 Å². The molecule has 1 unspecified atom stereocenters. The van der Waals surface area contributed by atoms with Gasteiger partial charge in [0.2, 0.25) is 5.91 Å². The Morgan fingerprint density at radius 3 is 2.71 bits per heavy atom. The fourth-order valence-corrected chi connectivity index (χ4v) is 3.92. The first kappa shape index (κ1) is 22.9. The summed E-state index contributed by atoms with van der Waals surface area (Å²) in [6.07, 6.45) is -3.16. The Bertz CT molecular complexity index is 1210. The van der Waals surface area contributed by atoms with Gasteiger partial charge in [-0.2, -0.15) is 13.2 Å². The summed E-state index contributed by atoms with van der Waals surface area (Å²) in [5.41, 5.74) is -1.28. The van der Waals surface area contributed by atoms with Crippen LogP contribution in [-0.4, -0.2) is 20.7 Å². The van der Waals surface area contributed by atoms with E-state index < -0.39 is 28.6 Å². The van der Waals surface area contributed by atoms with Crippen LogP contribution < -0.4 is 10.9 Å². The number of fused-ring (bicyclic) bond motifs is 1. The predicted octanol–water partition coefficient (Wildman–Crippen LogP) is 5.37. The second-order valence-corrected chi connectivity index (χ2v) is 8.30. The molecule has 31 heavy (non-hydrogen) atoms. The molecule has 0 radical (unpaired) electrons. The van der Waals surface area contributed by atoms with Crippen LogP contribution >= 0.6 is 23.4 Å². The Kier molecular flexibility index (Phi) is 6.76. The number of carbonyl (C=O) groups is 1. The SMILES string of the molecule is C=CCn1c(SC(C)C(=O)Nc2ccc(Cl)cc2C(F)(F)F)nc2ccccc2c1=O. The Morgan fingerprint density at radius 2 is 2.03 bits per heavy atom. The lowest BCUT2D eigenvalue weighted by Crippen LogP contribution is -2.27. The van der Waals surface area contributed by atoms with Crippen LogP contribution in [0.4, 0.5) is 18.9 Å². The molecule has 0 aliphatic rings. The van der Waals surface area contributed by atoms with Crippen molar-refractivity contribution in [2.24, 2.45) is 0 Å². The number of halogens is 4. The number of nitrogens with one attached hydrogen (secondary N) is 1. The molecule has 2 aromatic carbocycles. The Balaban J connectivity index is 1.90. The van der Waals surface area contributed by atoms with Gasteiger partial charge in [0, 0.05) is 11.6 Å². The zero-order chi connectivity index (χ0) is 22.8. The van der Waals surface area contributed by atoms with Gasteiger partial charge in [-0.05, 0) is 37.3 Å². The standard InChI is InChI=1S/C21H17ClF3N3O2S/c1-3-10-28-19(30)14-6-4-5-7-16(14)27-20(28)31-12(2)18(29)26-17-9-8-13(22)11-15(17)21(23,24)25/h3-9,11-12H,1,10H2,2H3,(H,26,29). The lowest BCUT2D eigenvalue weighted by atomic mass is 10.1. The van der Waals surface area contributed by atoms with Crippen molar-refractivity contribution < 1.29 is 18.0 Å². The highest BCUT2D eigenvalue weighted by atomic mass is 35.5. The summed E-state index contributed by atoms with van der Waals surface area (Å²) in [6, 6.07) is 9.88. The number of amides is 1.